The molecule has 220 valence electrons. The molecule has 0 radical (unpaired) electrons. The summed E-state index contributed by atoms with van der Waals surface area (Å²) < 4.78 is 40.9. The summed E-state index contributed by atoms with van der Waals surface area (Å²) in [6.45, 7) is 4.84. The molecule has 0 spiro atoms. The topological polar surface area (TPSA) is 140 Å². The van der Waals surface area contributed by atoms with Crippen LogP contribution in [0, 0.1) is 5.41 Å². The lowest BCUT2D eigenvalue weighted by Crippen LogP contribution is -2.58. The molecule has 12 nitrogen and oxygen atoms in total. The average molecular weight is 573 g/mol. The van der Waals surface area contributed by atoms with Crippen molar-refractivity contribution in [2.75, 3.05) is 19.7 Å². The number of carbonyl (C=O) groups excluding carboxylic acids is 2. The summed E-state index contributed by atoms with van der Waals surface area (Å²) in [5.74, 6) is -3.26. The molecule has 2 atom stereocenters. The van der Waals surface area contributed by atoms with Crippen molar-refractivity contribution < 1.29 is 27.7 Å². The van der Waals surface area contributed by atoms with Gasteiger partial charge in [0, 0.05) is 11.5 Å². The summed E-state index contributed by atoms with van der Waals surface area (Å²) in [5.41, 5.74) is 2.16. The van der Waals surface area contributed by atoms with E-state index in [2.05, 4.69) is 46.8 Å². The second kappa shape index (κ2) is 10.3. The van der Waals surface area contributed by atoms with Crippen LogP contribution in [0.25, 0.3) is 5.65 Å². The highest BCUT2D eigenvalue weighted by Crippen LogP contribution is 2.40. The zero-order valence-corrected chi connectivity index (χ0v) is 23.3. The van der Waals surface area contributed by atoms with Crippen molar-refractivity contribution in [3.8, 4) is 0 Å². The zero-order valence-electron chi connectivity index (χ0n) is 23.3. The molecule has 3 fully saturated rings. The third-order valence-corrected chi connectivity index (χ3v) is 7.47. The molecule has 2 N–H and O–H groups in total. The SMILES string of the molecule is CC(C)(C)C[C@H](NC(=O)c1nonc1C1CC1)c1cn2ncc([C@@H](COC3CC3)N3CC(F)(F)CNC3=O)cc2n1. The number of alkyl halides is 2. The minimum atomic E-state index is -3.07. The number of halogens is 2. The fraction of sp³-hybridized carbons (Fsp3) is 0.630. The number of fused-ring (bicyclic) bond motifs is 1. The van der Waals surface area contributed by atoms with E-state index < -0.39 is 37.1 Å². The largest absolute Gasteiger partial charge is 0.376 e. The second-order valence-electron chi connectivity index (χ2n) is 12.5. The van der Waals surface area contributed by atoms with Crippen LogP contribution in [0.4, 0.5) is 13.6 Å². The number of rotatable bonds is 10. The summed E-state index contributed by atoms with van der Waals surface area (Å²) in [5, 5.41) is 17.6. The number of ether oxygens (including phenoxy) is 1. The maximum Gasteiger partial charge on any atom is 0.318 e. The molecule has 3 aromatic rings. The predicted molar refractivity (Wildman–Crippen MR) is 140 cm³/mol. The Morgan fingerprint density at radius 1 is 1.27 bits per heavy atom. The van der Waals surface area contributed by atoms with Crippen LogP contribution in [0.3, 0.4) is 0 Å². The fourth-order valence-electron chi connectivity index (χ4n) is 5.07. The number of imidazole rings is 1. The summed E-state index contributed by atoms with van der Waals surface area (Å²) in [4.78, 5) is 31.7. The van der Waals surface area contributed by atoms with E-state index in [9.17, 15) is 18.4 Å². The molecule has 3 amide bonds. The van der Waals surface area contributed by atoms with Crippen molar-refractivity contribution in [2.24, 2.45) is 5.41 Å². The Balaban J connectivity index is 1.29. The molecule has 41 heavy (non-hydrogen) atoms. The highest BCUT2D eigenvalue weighted by Gasteiger charge is 2.43. The molecule has 0 aromatic carbocycles. The number of carbonyl (C=O) groups is 2. The Labute approximate surface area is 235 Å². The molecule has 6 rings (SSSR count). The van der Waals surface area contributed by atoms with E-state index in [1.165, 1.54) is 0 Å². The van der Waals surface area contributed by atoms with Gasteiger partial charge in [0.05, 0.1) is 56.0 Å². The molecule has 0 unspecified atom stereocenters. The summed E-state index contributed by atoms with van der Waals surface area (Å²) in [6.07, 6.45) is 7.62. The number of hydrogen-bond acceptors (Lipinski definition) is 8. The van der Waals surface area contributed by atoms with E-state index in [-0.39, 0.29) is 35.6 Å². The number of hydrogen-bond donors (Lipinski definition) is 2. The van der Waals surface area contributed by atoms with Crippen LogP contribution >= 0.6 is 0 Å². The van der Waals surface area contributed by atoms with Gasteiger partial charge in [0.2, 0.25) is 0 Å². The molecule has 14 heteroatoms. The number of nitrogens with one attached hydrogen (secondary N) is 2. The third-order valence-electron chi connectivity index (χ3n) is 7.47. The molecule has 0 bridgehead atoms. The number of nitrogens with zero attached hydrogens (tertiary/aromatic N) is 6. The van der Waals surface area contributed by atoms with E-state index in [0.29, 0.717) is 29.0 Å². The van der Waals surface area contributed by atoms with Gasteiger partial charge in [0.1, 0.15) is 5.69 Å². The molecule has 2 aliphatic carbocycles. The van der Waals surface area contributed by atoms with Crippen molar-refractivity contribution >= 4 is 17.6 Å². The van der Waals surface area contributed by atoms with Gasteiger partial charge >= 0.3 is 6.03 Å². The van der Waals surface area contributed by atoms with Crippen LogP contribution < -0.4 is 10.6 Å². The van der Waals surface area contributed by atoms with E-state index in [1.807, 2.05) is 0 Å². The van der Waals surface area contributed by atoms with Crippen molar-refractivity contribution in [1.29, 1.82) is 0 Å². The van der Waals surface area contributed by atoms with Gasteiger partial charge in [-0.15, -0.1) is 0 Å². The van der Waals surface area contributed by atoms with E-state index in [4.69, 9.17) is 14.3 Å². The second-order valence-corrected chi connectivity index (χ2v) is 12.5. The first-order chi connectivity index (χ1) is 19.5. The fourth-order valence-corrected chi connectivity index (χ4v) is 5.07. The summed E-state index contributed by atoms with van der Waals surface area (Å²) in [6, 6.07) is -0.104. The quantitative estimate of drug-likeness (QED) is 0.374. The van der Waals surface area contributed by atoms with Crippen molar-refractivity contribution in [3.63, 3.8) is 0 Å². The van der Waals surface area contributed by atoms with Crippen LogP contribution in [0.2, 0.25) is 0 Å². The Morgan fingerprint density at radius 3 is 2.76 bits per heavy atom. The number of amides is 3. The number of aromatic nitrogens is 5. The van der Waals surface area contributed by atoms with Gasteiger partial charge in [0.15, 0.2) is 11.3 Å². The normalized spacial score (nSPS) is 20.6. The van der Waals surface area contributed by atoms with Crippen LogP contribution in [0.5, 0.6) is 0 Å². The first-order valence-electron chi connectivity index (χ1n) is 14.0. The van der Waals surface area contributed by atoms with Gasteiger partial charge < -0.3 is 20.3 Å². The third kappa shape index (κ3) is 6.31. The zero-order chi connectivity index (χ0) is 28.9. The maximum absolute atomic E-state index is 14.3. The Kier molecular flexibility index (Phi) is 6.91. The summed E-state index contributed by atoms with van der Waals surface area (Å²) >= 11 is 0. The average Bonchev–Trinajstić information content (AvgIpc) is 3.83. The number of urea groups is 1. The van der Waals surface area contributed by atoms with Crippen LogP contribution in [0.1, 0.15) is 98.3 Å². The van der Waals surface area contributed by atoms with Crippen molar-refractivity contribution in [1.82, 2.24) is 40.4 Å². The first kappa shape index (κ1) is 27.5. The van der Waals surface area contributed by atoms with Crippen LogP contribution in [-0.4, -0.2) is 73.5 Å². The highest BCUT2D eigenvalue weighted by atomic mass is 19.3. The molecule has 1 aliphatic heterocycles. The summed E-state index contributed by atoms with van der Waals surface area (Å²) in [7, 11) is 0. The van der Waals surface area contributed by atoms with Gasteiger partial charge in [0.25, 0.3) is 11.8 Å². The lowest BCUT2D eigenvalue weighted by atomic mass is 9.87. The van der Waals surface area contributed by atoms with Crippen molar-refractivity contribution in [3.05, 3.63) is 41.1 Å². The Bertz CT molecular complexity index is 1440. The van der Waals surface area contributed by atoms with Crippen LogP contribution in [0.15, 0.2) is 23.1 Å². The molecule has 3 aliphatic rings. The highest BCUT2D eigenvalue weighted by molar-refractivity contribution is 5.93. The Hall–Kier alpha value is -3.68. The van der Waals surface area contributed by atoms with Gasteiger partial charge in [-0.2, -0.15) is 5.10 Å². The van der Waals surface area contributed by atoms with Crippen LogP contribution in [-0.2, 0) is 4.74 Å². The standard InChI is InChI=1S/C27H34F2N8O4/c1-26(2,3)9-18(33-24(38)23-22(15-4-5-15)34-41-35-23)19-11-37-21(32-19)8-16(10-31-37)20(12-40-17-6-7-17)36-14-27(28,29)13-30-25(36)39/h8,10-11,15,17-18,20H,4-7,9,12-14H2,1-3H3,(H,30,39)(H,33,38)/t18-,20+/m0/s1. The molecule has 1 saturated heterocycles. The smallest absolute Gasteiger partial charge is 0.318 e. The van der Waals surface area contributed by atoms with Crippen molar-refractivity contribution in [2.45, 2.75) is 82.9 Å². The Morgan fingerprint density at radius 2 is 2.05 bits per heavy atom. The maximum atomic E-state index is 14.3. The van der Waals surface area contributed by atoms with E-state index in [1.54, 1.807) is 23.0 Å². The first-order valence-corrected chi connectivity index (χ1v) is 14.0. The monoisotopic (exact) mass is 572 g/mol. The molecule has 4 heterocycles. The minimum absolute atomic E-state index is 0.0668. The minimum Gasteiger partial charge on any atom is -0.376 e. The molecule has 3 aromatic heterocycles. The van der Waals surface area contributed by atoms with Gasteiger partial charge in [-0.1, -0.05) is 25.9 Å². The molecule has 2 saturated carbocycles. The lowest BCUT2D eigenvalue weighted by Gasteiger charge is -2.38. The molecular weight excluding hydrogens is 538 g/mol. The van der Waals surface area contributed by atoms with Gasteiger partial charge in [-0.05, 0) is 48.7 Å². The van der Waals surface area contributed by atoms with Gasteiger partial charge in [-0.3, -0.25) is 4.79 Å². The van der Waals surface area contributed by atoms with E-state index >= 15 is 0 Å². The lowest BCUT2D eigenvalue weighted by molar-refractivity contribution is -0.0541. The van der Waals surface area contributed by atoms with E-state index in [0.717, 1.165) is 30.6 Å². The molecular formula is C27H34F2N8O4. The predicted octanol–water partition coefficient (Wildman–Crippen LogP) is 3.78. The van der Waals surface area contributed by atoms with Gasteiger partial charge in [-0.25, -0.2) is 27.7 Å².